The van der Waals surface area contributed by atoms with Gasteiger partial charge in [-0.25, -0.2) is 4.39 Å². The first-order valence-electron chi connectivity index (χ1n) is 6.42. The van der Waals surface area contributed by atoms with E-state index < -0.39 is 10.7 Å². The van der Waals surface area contributed by atoms with Gasteiger partial charge in [-0.15, -0.1) is 12.4 Å². The van der Waals surface area contributed by atoms with E-state index >= 15 is 0 Å². The first-order valence-corrected chi connectivity index (χ1v) is 6.42. The molecule has 1 unspecified atom stereocenters. The van der Waals surface area contributed by atoms with Crippen LogP contribution in [-0.4, -0.2) is 36.0 Å². The minimum absolute atomic E-state index is 0. The number of likely N-dealkylation sites (tertiary alicyclic amines) is 1. The Morgan fingerprint density at radius 1 is 1.55 bits per heavy atom. The van der Waals surface area contributed by atoms with Crippen LogP contribution in [0.15, 0.2) is 18.2 Å². The second-order valence-electron chi connectivity index (χ2n) is 4.90. The van der Waals surface area contributed by atoms with E-state index in [-0.39, 0.29) is 18.1 Å². The molecule has 1 heterocycles. The fourth-order valence-electron chi connectivity index (χ4n) is 2.45. The second kappa shape index (κ2) is 7.52. The third-order valence-electron chi connectivity index (χ3n) is 3.56. The molecule has 1 atom stereocenters. The summed E-state index contributed by atoms with van der Waals surface area (Å²) in [6, 6.07) is 4.30. The summed E-state index contributed by atoms with van der Waals surface area (Å²) in [6.45, 7) is 2.32. The summed E-state index contributed by atoms with van der Waals surface area (Å²) in [5.74, 6) is -0.499. The van der Waals surface area contributed by atoms with Crippen LogP contribution < -0.4 is 5.32 Å². The monoisotopic (exact) mass is 303 g/mol. The molecule has 0 radical (unpaired) electrons. The van der Waals surface area contributed by atoms with Gasteiger partial charge >= 0.3 is 0 Å². The average molecular weight is 304 g/mol. The van der Waals surface area contributed by atoms with Crippen molar-refractivity contribution in [3.63, 3.8) is 0 Å². The number of rotatable bonds is 4. The Bertz CT molecular complexity index is 473. The largest absolute Gasteiger partial charge is 0.316 e. The fraction of sp³-hybridized carbons (Fsp3) is 0.538. The van der Waals surface area contributed by atoms with E-state index in [1.807, 2.05) is 7.05 Å². The van der Waals surface area contributed by atoms with Gasteiger partial charge in [-0.1, -0.05) is 0 Å². The standard InChI is InChI=1S/C13H18FN3O2.ClH/c1-15-11-3-2-6-16(9-11)8-10-4-5-12(17(18)19)7-13(10)14;/h4-5,7,11,15H,2-3,6,8-9H2,1H3;1H. The SMILES string of the molecule is CNC1CCCN(Cc2ccc([N+](=O)[O-])cc2F)C1.Cl. The summed E-state index contributed by atoms with van der Waals surface area (Å²) in [5, 5.41) is 13.8. The number of nitrogens with one attached hydrogen (secondary N) is 1. The van der Waals surface area contributed by atoms with Crippen molar-refractivity contribution < 1.29 is 9.31 Å². The van der Waals surface area contributed by atoms with Crippen LogP contribution in [0.5, 0.6) is 0 Å². The number of hydrogen-bond acceptors (Lipinski definition) is 4. The van der Waals surface area contributed by atoms with Gasteiger partial charge in [0, 0.05) is 30.8 Å². The van der Waals surface area contributed by atoms with Gasteiger partial charge in [-0.3, -0.25) is 15.0 Å². The summed E-state index contributed by atoms with van der Waals surface area (Å²) in [6.07, 6.45) is 2.22. The Labute approximate surface area is 123 Å². The molecule has 0 saturated carbocycles. The molecule has 1 aliphatic heterocycles. The molecule has 5 nitrogen and oxygen atoms in total. The lowest BCUT2D eigenvalue weighted by atomic mass is 10.0. The molecule has 1 N–H and O–H groups in total. The van der Waals surface area contributed by atoms with Crippen molar-refractivity contribution in [3.8, 4) is 0 Å². The minimum Gasteiger partial charge on any atom is -0.316 e. The average Bonchev–Trinajstić information content (AvgIpc) is 2.41. The number of nitrogens with zero attached hydrogens (tertiary/aromatic N) is 2. The molecule has 1 aliphatic rings. The third kappa shape index (κ3) is 4.13. The van der Waals surface area contributed by atoms with Crippen molar-refractivity contribution in [2.75, 3.05) is 20.1 Å². The zero-order valence-electron chi connectivity index (χ0n) is 11.3. The van der Waals surface area contributed by atoms with Crippen molar-refractivity contribution in [1.29, 1.82) is 0 Å². The first-order chi connectivity index (χ1) is 9.10. The first kappa shape index (κ1) is 16.8. The Morgan fingerprint density at radius 3 is 2.90 bits per heavy atom. The molecular weight excluding hydrogens is 285 g/mol. The van der Waals surface area contributed by atoms with Crippen molar-refractivity contribution in [2.24, 2.45) is 0 Å². The molecule has 1 aromatic carbocycles. The van der Waals surface area contributed by atoms with E-state index in [1.165, 1.54) is 12.1 Å². The third-order valence-corrected chi connectivity index (χ3v) is 3.56. The highest BCUT2D eigenvalue weighted by molar-refractivity contribution is 5.85. The molecule has 0 bridgehead atoms. The highest BCUT2D eigenvalue weighted by Gasteiger charge is 2.20. The van der Waals surface area contributed by atoms with Gasteiger partial charge < -0.3 is 5.32 Å². The van der Waals surface area contributed by atoms with Gasteiger partial charge in [0.05, 0.1) is 11.0 Å². The molecule has 2 rings (SSSR count). The zero-order chi connectivity index (χ0) is 13.8. The zero-order valence-corrected chi connectivity index (χ0v) is 12.2. The van der Waals surface area contributed by atoms with Gasteiger partial charge in [0.15, 0.2) is 0 Å². The van der Waals surface area contributed by atoms with E-state index in [0.717, 1.165) is 32.0 Å². The van der Waals surface area contributed by atoms with Gasteiger partial charge in [0.1, 0.15) is 5.82 Å². The summed E-state index contributed by atoms with van der Waals surface area (Å²) in [4.78, 5) is 12.2. The summed E-state index contributed by atoms with van der Waals surface area (Å²) in [5.41, 5.74) is 0.315. The predicted octanol–water partition coefficient (Wildman–Crippen LogP) is 2.34. The van der Waals surface area contributed by atoms with Crippen molar-refractivity contribution in [2.45, 2.75) is 25.4 Å². The molecule has 1 saturated heterocycles. The molecule has 7 heteroatoms. The molecule has 112 valence electrons. The maximum Gasteiger partial charge on any atom is 0.272 e. The van der Waals surface area contributed by atoms with Crippen LogP contribution in [0.25, 0.3) is 0 Å². The topological polar surface area (TPSA) is 58.4 Å². The number of piperidine rings is 1. The number of nitro groups is 1. The lowest BCUT2D eigenvalue weighted by Crippen LogP contribution is -2.43. The van der Waals surface area contributed by atoms with Crippen LogP contribution in [0.3, 0.4) is 0 Å². The Hall–Kier alpha value is -1.24. The van der Waals surface area contributed by atoms with E-state index in [1.54, 1.807) is 0 Å². The molecule has 0 aromatic heterocycles. The maximum atomic E-state index is 13.8. The van der Waals surface area contributed by atoms with Crippen molar-refractivity contribution in [3.05, 3.63) is 39.7 Å². The van der Waals surface area contributed by atoms with Crippen LogP contribution in [0.4, 0.5) is 10.1 Å². The minimum atomic E-state index is -0.579. The highest BCUT2D eigenvalue weighted by Crippen LogP contribution is 2.19. The van der Waals surface area contributed by atoms with E-state index in [0.29, 0.717) is 18.2 Å². The Morgan fingerprint density at radius 2 is 2.30 bits per heavy atom. The van der Waals surface area contributed by atoms with Crippen LogP contribution >= 0.6 is 12.4 Å². The smallest absolute Gasteiger partial charge is 0.272 e. The second-order valence-corrected chi connectivity index (χ2v) is 4.90. The molecule has 0 aliphatic carbocycles. The molecule has 0 amide bonds. The predicted molar refractivity (Wildman–Crippen MR) is 77.7 cm³/mol. The van der Waals surface area contributed by atoms with Gasteiger partial charge in [0.25, 0.3) is 5.69 Å². The van der Waals surface area contributed by atoms with Gasteiger partial charge in [-0.2, -0.15) is 0 Å². The van der Waals surface area contributed by atoms with E-state index in [2.05, 4.69) is 10.2 Å². The van der Waals surface area contributed by atoms with Gasteiger partial charge in [-0.05, 0) is 32.5 Å². The summed E-state index contributed by atoms with van der Waals surface area (Å²) < 4.78 is 13.8. The fourth-order valence-corrected chi connectivity index (χ4v) is 2.45. The lowest BCUT2D eigenvalue weighted by Gasteiger charge is -2.32. The van der Waals surface area contributed by atoms with Crippen molar-refractivity contribution in [1.82, 2.24) is 10.2 Å². The molecule has 1 aromatic rings. The molecule has 0 spiro atoms. The number of likely N-dealkylation sites (N-methyl/N-ethyl adjacent to an activating group) is 1. The summed E-state index contributed by atoms with van der Waals surface area (Å²) in [7, 11) is 1.93. The molecule has 20 heavy (non-hydrogen) atoms. The van der Waals surface area contributed by atoms with Crippen molar-refractivity contribution >= 4 is 18.1 Å². The highest BCUT2D eigenvalue weighted by atomic mass is 35.5. The number of hydrogen-bond donors (Lipinski definition) is 1. The lowest BCUT2D eigenvalue weighted by molar-refractivity contribution is -0.385. The normalized spacial score (nSPS) is 19.4. The van der Waals surface area contributed by atoms with E-state index in [9.17, 15) is 14.5 Å². The number of nitro benzene ring substituents is 1. The van der Waals surface area contributed by atoms with Crippen LogP contribution in [0.1, 0.15) is 18.4 Å². The van der Waals surface area contributed by atoms with Crippen LogP contribution in [-0.2, 0) is 6.54 Å². The van der Waals surface area contributed by atoms with E-state index in [4.69, 9.17) is 0 Å². The van der Waals surface area contributed by atoms with Crippen LogP contribution in [0, 0.1) is 15.9 Å². The molecule has 1 fully saturated rings. The number of halogens is 2. The Balaban J connectivity index is 0.00000200. The van der Waals surface area contributed by atoms with Gasteiger partial charge in [0.2, 0.25) is 0 Å². The Kier molecular flexibility index (Phi) is 6.32. The van der Waals surface area contributed by atoms with Crippen LogP contribution in [0.2, 0.25) is 0 Å². The molecular formula is C13H19ClFN3O2. The quantitative estimate of drug-likeness (QED) is 0.685. The summed E-state index contributed by atoms with van der Waals surface area (Å²) >= 11 is 0. The number of non-ortho nitro benzene ring substituents is 1. The number of benzene rings is 1. The maximum absolute atomic E-state index is 13.8.